The average Bonchev–Trinajstić information content (AvgIpc) is 3.24. The summed E-state index contributed by atoms with van der Waals surface area (Å²) in [4.78, 5) is 25.9. The van der Waals surface area contributed by atoms with Crippen molar-refractivity contribution in [1.29, 1.82) is 0 Å². The highest BCUT2D eigenvalue weighted by Gasteiger charge is 2.49. The Balaban J connectivity index is 1.72. The Morgan fingerprint density at radius 1 is 1.17 bits per heavy atom. The quantitative estimate of drug-likeness (QED) is 0.752. The van der Waals surface area contributed by atoms with Crippen molar-refractivity contribution in [2.45, 2.75) is 12.5 Å². The zero-order valence-electron chi connectivity index (χ0n) is 12.3. The van der Waals surface area contributed by atoms with Gasteiger partial charge >= 0.3 is 0 Å². The van der Waals surface area contributed by atoms with Gasteiger partial charge in [-0.05, 0) is 33.6 Å². The van der Waals surface area contributed by atoms with Crippen LogP contribution in [-0.4, -0.2) is 34.8 Å². The third-order valence-electron chi connectivity index (χ3n) is 4.52. The van der Waals surface area contributed by atoms with E-state index < -0.39 is 0 Å². The zero-order chi connectivity index (χ0) is 16.0. The molecule has 3 heterocycles. The van der Waals surface area contributed by atoms with Gasteiger partial charge in [-0.15, -0.1) is 11.3 Å². The monoisotopic (exact) mass is 390 g/mol. The summed E-state index contributed by atoms with van der Waals surface area (Å²) in [5.41, 5.74) is 1.10. The highest BCUT2D eigenvalue weighted by atomic mass is 79.9. The zero-order valence-corrected chi connectivity index (χ0v) is 14.7. The Bertz CT molecular complexity index is 761. The molecule has 0 aliphatic carbocycles. The molecular weight excluding hydrogens is 376 g/mol. The molecule has 0 spiro atoms. The number of nitrogens with zero attached hydrogens (tertiary/aromatic N) is 2. The number of benzene rings is 1. The second-order valence-corrected chi connectivity index (χ2v) is 8.28. The molecule has 118 valence electrons. The van der Waals surface area contributed by atoms with Crippen molar-refractivity contribution in [3.8, 4) is 0 Å². The first-order valence-electron chi connectivity index (χ1n) is 7.56. The Morgan fingerprint density at radius 2 is 1.96 bits per heavy atom. The van der Waals surface area contributed by atoms with Gasteiger partial charge in [0.15, 0.2) is 5.78 Å². The number of fused-ring (bicyclic) bond motifs is 1. The van der Waals surface area contributed by atoms with E-state index in [-0.39, 0.29) is 23.7 Å². The van der Waals surface area contributed by atoms with Crippen LogP contribution in [0.25, 0.3) is 0 Å². The molecule has 4 rings (SSSR count). The summed E-state index contributed by atoms with van der Waals surface area (Å²) >= 11 is 4.87. The van der Waals surface area contributed by atoms with Crippen LogP contribution < -0.4 is 0 Å². The molecule has 0 bridgehead atoms. The molecule has 0 N–H and O–H groups in total. The highest BCUT2D eigenvalue weighted by Crippen LogP contribution is 2.42. The first-order chi connectivity index (χ1) is 11.1. The van der Waals surface area contributed by atoms with E-state index in [1.807, 2.05) is 42.5 Å². The number of carbonyl (C=O) groups excluding carboxylic acids is 2. The third kappa shape index (κ3) is 2.55. The molecule has 2 saturated heterocycles. The van der Waals surface area contributed by atoms with Gasteiger partial charge in [-0.1, -0.05) is 30.3 Å². The molecule has 0 radical (unpaired) electrons. The first kappa shape index (κ1) is 15.1. The largest absolute Gasteiger partial charge is 0.293 e. The third-order valence-corrected chi connectivity index (χ3v) is 6.16. The summed E-state index contributed by atoms with van der Waals surface area (Å²) in [5, 5.41) is 3.84. The molecule has 6 heteroatoms. The van der Waals surface area contributed by atoms with Crippen molar-refractivity contribution in [3.63, 3.8) is 0 Å². The van der Waals surface area contributed by atoms with Gasteiger partial charge in [-0.3, -0.25) is 14.6 Å². The molecule has 0 saturated carbocycles. The number of amides is 1. The minimum Gasteiger partial charge on any atom is -0.293 e. The van der Waals surface area contributed by atoms with Gasteiger partial charge < -0.3 is 0 Å². The number of carbonyl (C=O) groups is 2. The van der Waals surface area contributed by atoms with Crippen LogP contribution in [0.15, 0.2) is 46.3 Å². The van der Waals surface area contributed by atoms with E-state index in [0.29, 0.717) is 19.5 Å². The van der Waals surface area contributed by atoms with Crippen molar-refractivity contribution in [1.82, 2.24) is 10.0 Å². The van der Waals surface area contributed by atoms with Crippen LogP contribution in [0, 0.1) is 5.92 Å². The fourth-order valence-corrected chi connectivity index (χ4v) is 4.89. The van der Waals surface area contributed by atoms with Gasteiger partial charge in [0.25, 0.3) is 0 Å². The van der Waals surface area contributed by atoms with Gasteiger partial charge in [-0.2, -0.15) is 0 Å². The standard InChI is InChI=1S/C17H15BrN2O2S/c18-14-7-6-13(23-14)17(22)12-10-20-15(21)8-9-19(20)16(12)11-4-2-1-3-5-11/h1-7,12,16H,8-10H2. The summed E-state index contributed by atoms with van der Waals surface area (Å²) in [5.74, 6) is 0.0255. The predicted octanol–water partition coefficient (Wildman–Crippen LogP) is 3.51. The van der Waals surface area contributed by atoms with Gasteiger partial charge in [0.1, 0.15) is 0 Å². The van der Waals surface area contributed by atoms with Gasteiger partial charge in [0, 0.05) is 19.5 Å². The van der Waals surface area contributed by atoms with E-state index in [0.717, 1.165) is 14.2 Å². The molecule has 2 fully saturated rings. The Hall–Kier alpha value is -1.50. The molecule has 2 aliphatic heterocycles. The van der Waals surface area contributed by atoms with Crippen LogP contribution in [0.2, 0.25) is 0 Å². The van der Waals surface area contributed by atoms with E-state index in [4.69, 9.17) is 0 Å². The average molecular weight is 391 g/mol. The van der Waals surface area contributed by atoms with E-state index in [9.17, 15) is 9.59 Å². The minimum absolute atomic E-state index is 0.0592. The number of hydrogen-bond donors (Lipinski definition) is 0. The van der Waals surface area contributed by atoms with Gasteiger partial charge in [-0.25, -0.2) is 5.01 Å². The number of thiophene rings is 1. The predicted molar refractivity (Wildman–Crippen MR) is 92.1 cm³/mol. The number of Topliss-reactive ketones (excluding diaryl/α,β-unsaturated/α-hetero) is 1. The molecule has 1 amide bonds. The fraction of sp³-hybridized carbons (Fsp3) is 0.294. The van der Waals surface area contributed by atoms with Crippen molar-refractivity contribution in [2.24, 2.45) is 5.92 Å². The minimum atomic E-state index is -0.216. The molecule has 2 aliphatic rings. The fourth-order valence-electron chi connectivity index (χ4n) is 3.50. The molecular formula is C17H15BrN2O2S. The summed E-state index contributed by atoms with van der Waals surface area (Å²) in [6, 6.07) is 13.7. The van der Waals surface area contributed by atoms with Crippen LogP contribution in [-0.2, 0) is 4.79 Å². The van der Waals surface area contributed by atoms with Gasteiger partial charge in [0.2, 0.25) is 5.91 Å². The maximum atomic E-state index is 13.0. The number of hydrazine groups is 1. The lowest BCUT2D eigenvalue weighted by Crippen LogP contribution is -2.33. The van der Waals surface area contributed by atoms with Crippen LogP contribution in [0.5, 0.6) is 0 Å². The molecule has 23 heavy (non-hydrogen) atoms. The maximum Gasteiger partial charge on any atom is 0.238 e. The van der Waals surface area contributed by atoms with Crippen molar-refractivity contribution >= 4 is 39.0 Å². The van der Waals surface area contributed by atoms with Crippen LogP contribution in [0.3, 0.4) is 0 Å². The number of halogens is 1. The van der Waals surface area contributed by atoms with Crippen LogP contribution in [0.4, 0.5) is 0 Å². The molecule has 2 atom stereocenters. The molecule has 1 aromatic heterocycles. The summed E-state index contributed by atoms with van der Waals surface area (Å²) < 4.78 is 0.951. The smallest absolute Gasteiger partial charge is 0.238 e. The lowest BCUT2D eigenvalue weighted by molar-refractivity contribution is -0.135. The maximum absolute atomic E-state index is 13.0. The van der Waals surface area contributed by atoms with Gasteiger partial charge in [0.05, 0.1) is 20.6 Å². The Morgan fingerprint density at radius 3 is 2.65 bits per heavy atom. The van der Waals surface area contributed by atoms with Crippen molar-refractivity contribution in [2.75, 3.05) is 13.1 Å². The Kier molecular flexibility index (Phi) is 3.83. The molecule has 4 nitrogen and oxygen atoms in total. The second kappa shape index (κ2) is 5.85. The van der Waals surface area contributed by atoms with Crippen molar-refractivity contribution in [3.05, 3.63) is 56.7 Å². The normalized spacial score (nSPS) is 24.2. The topological polar surface area (TPSA) is 40.6 Å². The van der Waals surface area contributed by atoms with E-state index in [1.165, 1.54) is 11.3 Å². The van der Waals surface area contributed by atoms with Crippen LogP contribution >= 0.6 is 27.3 Å². The van der Waals surface area contributed by atoms with E-state index >= 15 is 0 Å². The number of rotatable bonds is 3. The summed E-state index contributed by atoms with van der Waals surface area (Å²) in [7, 11) is 0. The summed E-state index contributed by atoms with van der Waals surface area (Å²) in [6.45, 7) is 1.17. The lowest BCUT2D eigenvalue weighted by Gasteiger charge is -2.26. The van der Waals surface area contributed by atoms with Crippen LogP contribution in [0.1, 0.15) is 27.7 Å². The Labute approximate surface area is 146 Å². The SMILES string of the molecule is O=C(c1ccc(Br)s1)C1CN2C(=O)CCN2C1c1ccccc1. The van der Waals surface area contributed by atoms with Crippen molar-refractivity contribution < 1.29 is 9.59 Å². The molecule has 1 aromatic carbocycles. The first-order valence-corrected chi connectivity index (χ1v) is 9.17. The number of hydrogen-bond acceptors (Lipinski definition) is 4. The molecule has 2 unspecified atom stereocenters. The second-order valence-electron chi connectivity index (χ2n) is 5.82. The lowest BCUT2D eigenvalue weighted by atomic mass is 9.89. The van der Waals surface area contributed by atoms with E-state index in [1.54, 1.807) is 5.01 Å². The number of ketones is 1. The summed E-state index contributed by atoms with van der Waals surface area (Å²) in [6.07, 6.45) is 0.537. The highest BCUT2D eigenvalue weighted by molar-refractivity contribution is 9.11. The molecule has 2 aromatic rings. The van der Waals surface area contributed by atoms with E-state index in [2.05, 4.69) is 20.9 Å².